The molecule has 0 radical (unpaired) electrons. The van der Waals surface area contributed by atoms with E-state index in [-0.39, 0.29) is 17.6 Å². The highest BCUT2D eigenvalue weighted by Gasteiger charge is 2.27. The maximum absolute atomic E-state index is 12.6. The van der Waals surface area contributed by atoms with Gasteiger partial charge in [-0.05, 0) is 18.6 Å². The van der Waals surface area contributed by atoms with Crippen molar-refractivity contribution in [2.45, 2.75) is 25.9 Å². The van der Waals surface area contributed by atoms with Gasteiger partial charge in [-0.25, -0.2) is 0 Å². The highest BCUT2D eigenvalue weighted by molar-refractivity contribution is 5.77. The van der Waals surface area contributed by atoms with Gasteiger partial charge in [0.25, 0.3) is 5.69 Å². The molecule has 0 aromatic heterocycles. The highest BCUT2D eigenvalue weighted by atomic mass is 16.6. The van der Waals surface area contributed by atoms with E-state index in [1.807, 2.05) is 23.1 Å². The molecule has 7 heteroatoms. The van der Waals surface area contributed by atoms with E-state index in [0.29, 0.717) is 25.2 Å². The lowest BCUT2D eigenvalue weighted by atomic mass is 10.1. The molecule has 7 nitrogen and oxygen atoms in total. The zero-order chi connectivity index (χ0) is 19.9. The Kier molecular flexibility index (Phi) is 6.60. The van der Waals surface area contributed by atoms with Crippen LogP contribution in [0.1, 0.15) is 18.9 Å². The quantitative estimate of drug-likeness (QED) is 0.588. The fourth-order valence-corrected chi connectivity index (χ4v) is 3.62. The number of hydrogen-bond acceptors (Lipinski definition) is 5. The molecule has 1 fully saturated rings. The number of nitro benzene ring substituents is 1. The van der Waals surface area contributed by atoms with Gasteiger partial charge in [0.05, 0.1) is 4.92 Å². The summed E-state index contributed by atoms with van der Waals surface area (Å²) in [4.78, 5) is 27.5. The van der Waals surface area contributed by atoms with Gasteiger partial charge in [-0.15, -0.1) is 0 Å². The number of para-hydroxylation sites is 2. The van der Waals surface area contributed by atoms with Crippen molar-refractivity contribution in [3.8, 4) is 0 Å². The van der Waals surface area contributed by atoms with E-state index in [2.05, 4.69) is 29.3 Å². The average molecular weight is 382 g/mol. The Labute approximate surface area is 165 Å². The molecular weight excluding hydrogens is 356 g/mol. The van der Waals surface area contributed by atoms with Crippen LogP contribution in [-0.2, 0) is 11.3 Å². The number of carbonyl (C=O) groups is 1. The van der Waals surface area contributed by atoms with Gasteiger partial charge in [-0.2, -0.15) is 0 Å². The molecular formula is C21H26N4O3. The number of nitro groups is 1. The number of hydrogen-bond donors (Lipinski definition) is 1. The standard InChI is InChI=1S/C21H26N4O3/c1-17-15-23(16-18-7-3-2-4-8-18)13-14-24(17)21(26)11-12-22-19-9-5-6-10-20(19)25(27)28/h2-10,17,22H,11-16H2,1H3. The van der Waals surface area contributed by atoms with Crippen LogP contribution in [0.2, 0.25) is 0 Å². The Morgan fingerprint density at radius 1 is 1.14 bits per heavy atom. The minimum absolute atomic E-state index is 0.0258. The topological polar surface area (TPSA) is 78.7 Å². The van der Waals surface area contributed by atoms with Gasteiger partial charge in [0.2, 0.25) is 5.91 Å². The van der Waals surface area contributed by atoms with Gasteiger partial charge < -0.3 is 10.2 Å². The first kappa shape index (κ1) is 19.8. The van der Waals surface area contributed by atoms with Crippen LogP contribution < -0.4 is 5.32 Å². The summed E-state index contributed by atoms with van der Waals surface area (Å²) in [6.07, 6.45) is 0.315. The summed E-state index contributed by atoms with van der Waals surface area (Å²) in [5.41, 5.74) is 1.75. The number of piperazine rings is 1. The van der Waals surface area contributed by atoms with Crippen molar-refractivity contribution in [3.63, 3.8) is 0 Å². The Morgan fingerprint density at radius 2 is 1.86 bits per heavy atom. The number of nitrogens with one attached hydrogen (secondary N) is 1. The molecule has 1 atom stereocenters. The highest BCUT2D eigenvalue weighted by Crippen LogP contribution is 2.23. The minimum atomic E-state index is -0.418. The summed E-state index contributed by atoms with van der Waals surface area (Å²) in [5, 5.41) is 14.1. The smallest absolute Gasteiger partial charge is 0.292 e. The maximum Gasteiger partial charge on any atom is 0.292 e. The molecule has 1 saturated heterocycles. The summed E-state index contributed by atoms with van der Waals surface area (Å²) >= 11 is 0. The first-order valence-electron chi connectivity index (χ1n) is 9.57. The molecule has 2 aromatic rings. The molecule has 1 aliphatic heterocycles. The largest absolute Gasteiger partial charge is 0.379 e. The first-order valence-corrected chi connectivity index (χ1v) is 9.57. The molecule has 148 valence electrons. The van der Waals surface area contributed by atoms with E-state index >= 15 is 0 Å². The van der Waals surface area contributed by atoms with Gasteiger partial charge >= 0.3 is 0 Å². The third kappa shape index (κ3) is 5.07. The molecule has 1 heterocycles. The fraction of sp³-hybridized carbons (Fsp3) is 0.381. The summed E-state index contributed by atoms with van der Waals surface area (Å²) in [6, 6.07) is 17.0. The molecule has 28 heavy (non-hydrogen) atoms. The predicted molar refractivity (Wildman–Crippen MR) is 109 cm³/mol. The first-order chi connectivity index (χ1) is 13.5. The number of nitrogens with zero attached hydrogens (tertiary/aromatic N) is 3. The molecule has 2 aromatic carbocycles. The zero-order valence-electron chi connectivity index (χ0n) is 16.1. The Balaban J connectivity index is 1.47. The van der Waals surface area contributed by atoms with E-state index in [1.54, 1.807) is 18.2 Å². The van der Waals surface area contributed by atoms with E-state index in [0.717, 1.165) is 19.6 Å². The van der Waals surface area contributed by atoms with Crippen LogP contribution >= 0.6 is 0 Å². The lowest BCUT2D eigenvalue weighted by Crippen LogP contribution is -2.53. The second kappa shape index (κ2) is 9.32. The summed E-state index contributed by atoms with van der Waals surface area (Å²) in [5.74, 6) is 0.0814. The number of anilines is 1. The third-order valence-electron chi connectivity index (χ3n) is 5.04. The normalized spacial score (nSPS) is 17.3. The summed E-state index contributed by atoms with van der Waals surface area (Å²) in [6.45, 7) is 5.75. The van der Waals surface area contributed by atoms with Gasteiger partial charge in [-0.3, -0.25) is 19.8 Å². The number of amides is 1. The lowest BCUT2D eigenvalue weighted by Gasteiger charge is -2.40. The van der Waals surface area contributed by atoms with Gasteiger partial charge in [-0.1, -0.05) is 42.5 Å². The van der Waals surface area contributed by atoms with Crippen LogP contribution in [0, 0.1) is 10.1 Å². The van der Waals surface area contributed by atoms with Crippen LogP contribution in [-0.4, -0.2) is 52.9 Å². The molecule has 1 unspecified atom stereocenters. The molecule has 1 N–H and O–H groups in total. The SMILES string of the molecule is CC1CN(Cc2ccccc2)CCN1C(=O)CCNc1ccccc1[N+](=O)[O-]. The van der Waals surface area contributed by atoms with Crippen LogP contribution in [0.5, 0.6) is 0 Å². The Hall–Kier alpha value is -2.93. The van der Waals surface area contributed by atoms with Crippen molar-refractivity contribution in [1.82, 2.24) is 9.80 Å². The van der Waals surface area contributed by atoms with Crippen LogP contribution in [0.25, 0.3) is 0 Å². The fourth-order valence-electron chi connectivity index (χ4n) is 3.62. The second-order valence-electron chi connectivity index (χ2n) is 7.11. The zero-order valence-corrected chi connectivity index (χ0v) is 16.1. The van der Waals surface area contributed by atoms with E-state index in [9.17, 15) is 14.9 Å². The number of carbonyl (C=O) groups excluding carboxylic acids is 1. The van der Waals surface area contributed by atoms with E-state index < -0.39 is 4.92 Å². The van der Waals surface area contributed by atoms with Gasteiger partial charge in [0, 0.05) is 51.3 Å². The second-order valence-corrected chi connectivity index (χ2v) is 7.11. The van der Waals surface area contributed by atoms with Crippen LogP contribution in [0.15, 0.2) is 54.6 Å². The monoisotopic (exact) mass is 382 g/mol. The molecule has 0 spiro atoms. The average Bonchev–Trinajstić information content (AvgIpc) is 2.69. The number of benzene rings is 2. The van der Waals surface area contributed by atoms with Crippen LogP contribution in [0.4, 0.5) is 11.4 Å². The Bertz CT molecular complexity index is 812. The maximum atomic E-state index is 12.6. The van der Waals surface area contributed by atoms with Crippen molar-refractivity contribution in [2.75, 3.05) is 31.5 Å². The van der Waals surface area contributed by atoms with E-state index in [4.69, 9.17) is 0 Å². The molecule has 0 aliphatic carbocycles. The van der Waals surface area contributed by atoms with Gasteiger partial charge in [0.15, 0.2) is 0 Å². The predicted octanol–water partition coefficient (Wildman–Crippen LogP) is 3.13. The Morgan fingerprint density at radius 3 is 2.57 bits per heavy atom. The molecule has 0 saturated carbocycles. The summed E-state index contributed by atoms with van der Waals surface area (Å²) < 4.78 is 0. The third-order valence-corrected chi connectivity index (χ3v) is 5.04. The lowest BCUT2D eigenvalue weighted by molar-refractivity contribution is -0.384. The van der Waals surface area contributed by atoms with Crippen molar-refractivity contribution in [3.05, 3.63) is 70.3 Å². The molecule has 0 bridgehead atoms. The number of rotatable bonds is 7. The van der Waals surface area contributed by atoms with Crippen molar-refractivity contribution in [2.24, 2.45) is 0 Å². The van der Waals surface area contributed by atoms with Crippen LogP contribution in [0.3, 0.4) is 0 Å². The summed E-state index contributed by atoms with van der Waals surface area (Å²) in [7, 11) is 0. The van der Waals surface area contributed by atoms with Crippen molar-refractivity contribution in [1.29, 1.82) is 0 Å². The molecule has 1 aliphatic rings. The van der Waals surface area contributed by atoms with Crippen molar-refractivity contribution >= 4 is 17.3 Å². The van der Waals surface area contributed by atoms with E-state index in [1.165, 1.54) is 11.6 Å². The minimum Gasteiger partial charge on any atom is -0.379 e. The van der Waals surface area contributed by atoms with Crippen molar-refractivity contribution < 1.29 is 9.72 Å². The molecule has 1 amide bonds. The molecule has 3 rings (SSSR count). The van der Waals surface area contributed by atoms with Gasteiger partial charge in [0.1, 0.15) is 5.69 Å².